The van der Waals surface area contributed by atoms with Crippen molar-refractivity contribution in [3.8, 4) is 11.6 Å². The van der Waals surface area contributed by atoms with Gasteiger partial charge >= 0.3 is 6.03 Å². The molecule has 26 heavy (non-hydrogen) atoms. The van der Waals surface area contributed by atoms with Gasteiger partial charge in [0.1, 0.15) is 12.4 Å². The summed E-state index contributed by atoms with van der Waals surface area (Å²) < 4.78 is 15.7. The van der Waals surface area contributed by atoms with Crippen LogP contribution in [0.3, 0.4) is 0 Å². The summed E-state index contributed by atoms with van der Waals surface area (Å²) in [6.07, 6.45) is 0.697. The fraction of sp³-hybridized carbons (Fsp3) is 0.368. The number of carbonyl (C=O) groups excluding carboxylic acids is 1. The summed E-state index contributed by atoms with van der Waals surface area (Å²) in [4.78, 5) is 18.8. The molecule has 2 heterocycles. The summed E-state index contributed by atoms with van der Waals surface area (Å²) in [6, 6.07) is 11.0. The van der Waals surface area contributed by atoms with E-state index in [1.165, 1.54) is 0 Å². The number of amides is 2. The number of nitrogens with zero attached hydrogens (tertiary/aromatic N) is 2. The predicted octanol–water partition coefficient (Wildman–Crippen LogP) is 2.71. The average molecular weight is 357 g/mol. The van der Waals surface area contributed by atoms with Crippen LogP contribution in [0.25, 0.3) is 0 Å². The van der Waals surface area contributed by atoms with Crippen LogP contribution in [0.1, 0.15) is 11.3 Å². The Bertz CT molecular complexity index is 766. The van der Waals surface area contributed by atoms with E-state index in [9.17, 15) is 4.79 Å². The lowest BCUT2D eigenvalue weighted by atomic mass is 10.1. The number of methoxy groups -OCH3 is 2. The number of pyridine rings is 1. The fourth-order valence-electron chi connectivity index (χ4n) is 2.78. The second kappa shape index (κ2) is 8.53. The zero-order chi connectivity index (χ0) is 18.4. The number of anilines is 1. The maximum Gasteiger partial charge on any atom is 0.322 e. The minimum atomic E-state index is -0.135. The number of nitrogens with one attached hydrogen (secondary N) is 1. The first-order valence-electron chi connectivity index (χ1n) is 8.50. The molecule has 1 aliphatic heterocycles. The van der Waals surface area contributed by atoms with Crippen molar-refractivity contribution in [1.82, 2.24) is 9.88 Å². The van der Waals surface area contributed by atoms with Crippen LogP contribution in [-0.2, 0) is 17.7 Å². The van der Waals surface area contributed by atoms with Crippen LogP contribution in [0.4, 0.5) is 10.5 Å². The van der Waals surface area contributed by atoms with Gasteiger partial charge in [0, 0.05) is 44.4 Å². The van der Waals surface area contributed by atoms with E-state index in [2.05, 4.69) is 10.3 Å². The number of ether oxygens (including phenoxy) is 3. The van der Waals surface area contributed by atoms with Gasteiger partial charge in [0.25, 0.3) is 0 Å². The standard InChI is InChI=1S/C19H23N3O4/c1-24-10-11-26-18-7-6-14-13-22(9-8-17(14)21-18)19(23)20-15-4-3-5-16(12-15)25-2/h3-7,12H,8-11,13H2,1-2H3,(H,20,23). The number of hydrogen-bond donors (Lipinski definition) is 1. The van der Waals surface area contributed by atoms with Crippen LogP contribution in [0.2, 0.25) is 0 Å². The van der Waals surface area contributed by atoms with Crippen molar-refractivity contribution in [3.63, 3.8) is 0 Å². The van der Waals surface area contributed by atoms with E-state index in [1.807, 2.05) is 30.3 Å². The van der Waals surface area contributed by atoms with Crippen molar-refractivity contribution < 1.29 is 19.0 Å². The van der Waals surface area contributed by atoms with E-state index in [0.717, 1.165) is 11.3 Å². The van der Waals surface area contributed by atoms with Crippen LogP contribution in [0.15, 0.2) is 36.4 Å². The van der Waals surface area contributed by atoms with Gasteiger partial charge in [-0.05, 0) is 17.7 Å². The number of urea groups is 1. The summed E-state index contributed by atoms with van der Waals surface area (Å²) in [5.74, 6) is 1.30. The van der Waals surface area contributed by atoms with Gasteiger partial charge in [-0.1, -0.05) is 12.1 Å². The summed E-state index contributed by atoms with van der Waals surface area (Å²) >= 11 is 0. The Morgan fingerprint density at radius 1 is 1.23 bits per heavy atom. The molecule has 138 valence electrons. The van der Waals surface area contributed by atoms with Crippen LogP contribution in [-0.4, -0.2) is 49.9 Å². The van der Waals surface area contributed by atoms with Crippen molar-refractivity contribution >= 4 is 11.7 Å². The van der Waals surface area contributed by atoms with Gasteiger partial charge in [-0.15, -0.1) is 0 Å². The smallest absolute Gasteiger partial charge is 0.322 e. The molecule has 1 aromatic heterocycles. The second-order valence-electron chi connectivity index (χ2n) is 5.93. The maximum absolute atomic E-state index is 12.5. The lowest BCUT2D eigenvalue weighted by molar-refractivity contribution is 0.143. The Balaban J connectivity index is 1.61. The van der Waals surface area contributed by atoms with Gasteiger partial charge in [-0.2, -0.15) is 0 Å². The Labute approximate surface area is 152 Å². The molecule has 0 fully saturated rings. The third-order valence-electron chi connectivity index (χ3n) is 4.17. The van der Waals surface area contributed by atoms with Crippen molar-refractivity contribution in [3.05, 3.63) is 47.7 Å². The molecule has 7 heteroatoms. The fourth-order valence-corrected chi connectivity index (χ4v) is 2.78. The quantitative estimate of drug-likeness (QED) is 0.805. The molecule has 0 saturated carbocycles. The number of rotatable bonds is 6. The molecular weight excluding hydrogens is 334 g/mol. The summed E-state index contributed by atoms with van der Waals surface area (Å²) in [6.45, 7) is 2.13. The Hall–Kier alpha value is -2.80. The molecule has 0 spiro atoms. The van der Waals surface area contributed by atoms with E-state index in [4.69, 9.17) is 14.2 Å². The van der Waals surface area contributed by atoms with Gasteiger partial charge in [0.2, 0.25) is 5.88 Å². The van der Waals surface area contributed by atoms with Crippen molar-refractivity contribution in [1.29, 1.82) is 0 Å². The highest BCUT2D eigenvalue weighted by molar-refractivity contribution is 5.89. The molecular formula is C19H23N3O4. The highest BCUT2D eigenvalue weighted by Gasteiger charge is 2.22. The van der Waals surface area contributed by atoms with Gasteiger partial charge in [-0.25, -0.2) is 9.78 Å². The first-order chi connectivity index (χ1) is 12.7. The predicted molar refractivity (Wildman–Crippen MR) is 97.7 cm³/mol. The Morgan fingerprint density at radius 2 is 2.12 bits per heavy atom. The first kappa shape index (κ1) is 18.0. The van der Waals surface area contributed by atoms with Crippen molar-refractivity contribution in [2.45, 2.75) is 13.0 Å². The number of fused-ring (bicyclic) bond motifs is 1. The topological polar surface area (TPSA) is 72.9 Å². The van der Waals surface area contributed by atoms with E-state index >= 15 is 0 Å². The molecule has 0 saturated heterocycles. The van der Waals surface area contributed by atoms with E-state index in [-0.39, 0.29) is 6.03 Å². The molecule has 0 radical (unpaired) electrons. The van der Waals surface area contributed by atoms with Gasteiger partial charge in [0.05, 0.1) is 19.4 Å². The lowest BCUT2D eigenvalue weighted by Crippen LogP contribution is -2.39. The first-order valence-corrected chi connectivity index (χ1v) is 8.50. The molecule has 0 bridgehead atoms. The third-order valence-corrected chi connectivity index (χ3v) is 4.17. The van der Waals surface area contributed by atoms with Crippen molar-refractivity contribution in [2.24, 2.45) is 0 Å². The van der Waals surface area contributed by atoms with E-state index in [0.29, 0.717) is 50.0 Å². The van der Waals surface area contributed by atoms with E-state index in [1.54, 1.807) is 25.2 Å². The second-order valence-corrected chi connectivity index (χ2v) is 5.93. The van der Waals surface area contributed by atoms with Gasteiger partial charge in [-0.3, -0.25) is 0 Å². The number of benzene rings is 1. The minimum absolute atomic E-state index is 0.135. The molecule has 0 unspecified atom stereocenters. The SMILES string of the molecule is COCCOc1ccc2c(n1)CCN(C(=O)Nc1cccc(OC)c1)C2. The molecule has 2 amide bonds. The molecule has 7 nitrogen and oxygen atoms in total. The molecule has 1 N–H and O–H groups in total. The van der Waals surface area contributed by atoms with Crippen molar-refractivity contribution in [2.75, 3.05) is 39.3 Å². The average Bonchev–Trinajstić information content (AvgIpc) is 2.68. The van der Waals surface area contributed by atoms with Crippen LogP contribution in [0.5, 0.6) is 11.6 Å². The zero-order valence-corrected chi connectivity index (χ0v) is 15.0. The number of aromatic nitrogens is 1. The van der Waals surface area contributed by atoms with Crippen LogP contribution in [0, 0.1) is 0 Å². The maximum atomic E-state index is 12.5. The van der Waals surface area contributed by atoms with Crippen LogP contribution >= 0.6 is 0 Å². The number of hydrogen-bond acceptors (Lipinski definition) is 5. The molecule has 1 aromatic carbocycles. The highest BCUT2D eigenvalue weighted by Crippen LogP contribution is 2.22. The molecule has 0 atom stereocenters. The summed E-state index contributed by atoms with van der Waals surface area (Å²) in [5.41, 5.74) is 2.72. The monoisotopic (exact) mass is 357 g/mol. The minimum Gasteiger partial charge on any atom is -0.497 e. The molecule has 3 rings (SSSR count). The van der Waals surface area contributed by atoms with Crippen LogP contribution < -0.4 is 14.8 Å². The molecule has 1 aliphatic rings. The zero-order valence-electron chi connectivity index (χ0n) is 15.0. The third kappa shape index (κ3) is 4.43. The number of carbonyl (C=O) groups is 1. The van der Waals surface area contributed by atoms with Gasteiger partial charge in [0.15, 0.2) is 0 Å². The Kier molecular flexibility index (Phi) is 5.91. The Morgan fingerprint density at radius 3 is 2.92 bits per heavy atom. The highest BCUT2D eigenvalue weighted by atomic mass is 16.5. The van der Waals surface area contributed by atoms with E-state index < -0.39 is 0 Å². The lowest BCUT2D eigenvalue weighted by Gasteiger charge is -2.28. The summed E-state index contributed by atoms with van der Waals surface area (Å²) in [7, 11) is 3.23. The molecule has 0 aliphatic carbocycles. The summed E-state index contributed by atoms with van der Waals surface area (Å²) in [5, 5.41) is 2.91. The van der Waals surface area contributed by atoms with Gasteiger partial charge < -0.3 is 24.4 Å². The molecule has 2 aromatic rings. The normalized spacial score (nSPS) is 13.1. The largest absolute Gasteiger partial charge is 0.497 e.